The van der Waals surface area contributed by atoms with E-state index in [1.54, 1.807) is 0 Å². The third-order valence-electron chi connectivity index (χ3n) is 6.01. The molecule has 0 spiro atoms. The maximum absolute atomic E-state index is 12.3. The number of aromatic amines is 1. The Morgan fingerprint density at radius 1 is 1.17 bits per heavy atom. The van der Waals surface area contributed by atoms with E-state index in [9.17, 15) is 14.4 Å². The van der Waals surface area contributed by atoms with Crippen LogP contribution in [0.1, 0.15) is 36.2 Å². The molecule has 4 rings (SSSR count). The van der Waals surface area contributed by atoms with Gasteiger partial charge in [-0.1, -0.05) is 0 Å². The Morgan fingerprint density at radius 3 is 2.62 bits per heavy atom. The van der Waals surface area contributed by atoms with Crippen LogP contribution >= 0.6 is 0 Å². The SMILES string of the molecule is O=C(NC[C@H]1CN(CC2CCN(CC3CC3)CC2)C(=O)CO1)c1c[nH]c(=O)cn1. The van der Waals surface area contributed by atoms with Crippen LogP contribution in [0.4, 0.5) is 0 Å². The van der Waals surface area contributed by atoms with E-state index in [4.69, 9.17) is 4.74 Å². The Labute approximate surface area is 169 Å². The molecule has 158 valence electrons. The first-order chi connectivity index (χ1) is 14.1. The Balaban J connectivity index is 1.21. The molecule has 3 fully saturated rings. The molecule has 9 nitrogen and oxygen atoms in total. The molecule has 29 heavy (non-hydrogen) atoms. The van der Waals surface area contributed by atoms with E-state index in [1.807, 2.05) is 4.90 Å². The van der Waals surface area contributed by atoms with Crippen molar-refractivity contribution >= 4 is 11.8 Å². The Kier molecular flexibility index (Phi) is 6.25. The number of hydrogen-bond acceptors (Lipinski definition) is 6. The van der Waals surface area contributed by atoms with E-state index in [1.165, 1.54) is 25.6 Å². The number of carbonyl (C=O) groups is 2. The first-order valence-electron chi connectivity index (χ1n) is 10.5. The van der Waals surface area contributed by atoms with Gasteiger partial charge in [0.2, 0.25) is 5.91 Å². The molecule has 3 aliphatic rings. The number of piperidine rings is 1. The van der Waals surface area contributed by atoms with Gasteiger partial charge in [-0.25, -0.2) is 4.98 Å². The monoisotopic (exact) mass is 403 g/mol. The topological polar surface area (TPSA) is 108 Å². The molecule has 1 aliphatic carbocycles. The second-order valence-electron chi connectivity index (χ2n) is 8.43. The summed E-state index contributed by atoms with van der Waals surface area (Å²) >= 11 is 0. The van der Waals surface area contributed by atoms with Crippen molar-refractivity contribution in [1.29, 1.82) is 0 Å². The van der Waals surface area contributed by atoms with E-state index in [-0.39, 0.29) is 35.8 Å². The van der Waals surface area contributed by atoms with Crippen molar-refractivity contribution < 1.29 is 14.3 Å². The highest BCUT2D eigenvalue weighted by atomic mass is 16.5. The molecule has 2 saturated heterocycles. The van der Waals surface area contributed by atoms with Gasteiger partial charge in [0.15, 0.2) is 0 Å². The third-order valence-corrected chi connectivity index (χ3v) is 6.01. The van der Waals surface area contributed by atoms with Crippen molar-refractivity contribution in [2.45, 2.75) is 31.8 Å². The van der Waals surface area contributed by atoms with Crippen LogP contribution in [0.15, 0.2) is 17.2 Å². The van der Waals surface area contributed by atoms with Gasteiger partial charge < -0.3 is 24.8 Å². The summed E-state index contributed by atoms with van der Waals surface area (Å²) in [5.74, 6) is 1.11. The molecule has 1 aromatic rings. The summed E-state index contributed by atoms with van der Waals surface area (Å²) < 4.78 is 5.59. The molecule has 0 unspecified atom stereocenters. The standard InChI is InChI=1S/C20H29N5O4/c26-18-9-21-17(8-22-18)20(28)23-7-16-12-25(19(27)13-29-16)11-15-3-5-24(6-4-15)10-14-1-2-14/h8-9,14-16H,1-7,10-13H2,(H,22,26)(H,23,28)/t16-/m0/s1. The predicted octanol–water partition coefficient (Wildman–Crippen LogP) is -0.151. The Hall–Kier alpha value is -2.26. The van der Waals surface area contributed by atoms with Crippen LogP contribution in [0.25, 0.3) is 0 Å². The lowest BCUT2D eigenvalue weighted by Crippen LogP contribution is -2.52. The molecule has 2 N–H and O–H groups in total. The number of amides is 2. The van der Waals surface area contributed by atoms with Crippen LogP contribution < -0.4 is 10.9 Å². The zero-order valence-electron chi connectivity index (χ0n) is 16.6. The zero-order valence-corrected chi connectivity index (χ0v) is 16.6. The third kappa shape index (κ3) is 5.63. The summed E-state index contributed by atoms with van der Waals surface area (Å²) in [6.45, 7) is 5.11. The second kappa shape index (κ2) is 9.04. The lowest BCUT2D eigenvalue weighted by Gasteiger charge is -2.38. The fraction of sp³-hybridized carbons (Fsp3) is 0.700. The van der Waals surface area contributed by atoms with Gasteiger partial charge in [-0.05, 0) is 50.6 Å². The summed E-state index contributed by atoms with van der Waals surface area (Å²) in [6, 6.07) is 0. The van der Waals surface area contributed by atoms with Gasteiger partial charge in [0, 0.05) is 32.4 Å². The Bertz CT molecular complexity index is 765. The molecule has 2 amide bonds. The highest BCUT2D eigenvalue weighted by Crippen LogP contribution is 2.31. The quantitative estimate of drug-likeness (QED) is 0.656. The van der Waals surface area contributed by atoms with Gasteiger partial charge in [0.05, 0.1) is 12.3 Å². The Morgan fingerprint density at radius 2 is 1.93 bits per heavy atom. The molecule has 0 radical (unpaired) electrons. The van der Waals surface area contributed by atoms with Crippen molar-refractivity contribution in [1.82, 2.24) is 25.1 Å². The summed E-state index contributed by atoms with van der Waals surface area (Å²) in [4.78, 5) is 46.1. The van der Waals surface area contributed by atoms with Crippen molar-refractivity contribution in [3.8, 4) is 0 Å². The van der Waals surface area contributed by atoms with Gasteiger partial charge in [-0.2, -0.15) is 0 Å². The van der Waals surface area contributed by atoms with Crippen LogP contribution in [-0.2, 0) is 9.53 Å². The summed E-state index contributed by atoms with van der Waals surface area (Å²) in [6.07, 6.45) is 7.16. The zero-order chi connectivity index (χ0) is 20.2. The average molecular weight is 403 g/mol. The van der Waals surface area contributed by atoms with Gasteiger partial charge in [-0.15, -0.1) is 0 Å². The first-order valence-corrected chi connectivity index (χ1v) is 10.5. The van der Waals surface area contributed by atoms with Crippen molar-refractivity contribution in [3.63, 3.8) is 0 Å². The van der Waals surface area contributed by atoms with Crippen LogP contribution in [-0.4, -0.2) is 83.6 Å². The molecule has 0 aromatic carbocycles. The number of H-pyrrole nitrogens is 1. The molecular formula is C20H29N5O4. The number of nitrogens with zero attached hydrogens (tertiary/aromatic N) is 3. The summed E-state index contributed by atoms with van der Waals surface area (Å²) in [7, 11) is 0. The van der Waals surface area contributed by atoms with Gasteiger partial charge in [0.25, 0.3) is 11.5 Å². The lowest BCUT2D eigenvalue weighted by atomic mass is 9.95. The molecule has 1 aromatic heterocycles. The fourth-order valence-electron chi connectivity index (χ4n) is 4.07. The highest BCUT2D eigenvalue weighted by Gasteiger charge is 2.31. The van der Waals surface area contributed by atoms with E-state index in [2.05, 4.69) is 20.2 Å². The normalized spacial score (nSPS) is 23.9. The fourth-order valence-corrected chi connectivity index (χ4v) is 4.07. The van der Waals surface area contributed by atoms with Gasteiger partial charge in [0.1, 0.15) is 12.3 Å². The number of likely N-dealkylation sites (tertiary alicyclic amines) is 1. The maximum atomic E-state index is 12.3. The van der Waals surface area contributed by atoms with Crippen molar-refractivity contribution in [2.24, 2.45) is 11.8 Å². The van der Waals surface area contributed by atoms with E-state index >= 15 is 0 Å². The number of rotatable bonds is 7. The predicted molar refractivity (Wildman–Crippen MR) is 105 cm³/mol. The van der Waals surface area contributed by atoms with E-state index in [0.29, 0.717) is 19.0 Å². The smallest absolute Gasteiger partial charge is 0.271 e. The molecular weight excluding hydrogens is 374 g/mol. The van der Waals surface area contributed by atoms with Gasteiger partial charge in [-0.3, -0.25) is 14.4 Å². The van der Waals surface area contributed by atoms with Gasteiger partial charge >= 0.3 is 0 Å². The molecule has 9 heteroatoms. The molecule has 1 saturated carbocycles. The molecule has 2 aliphatic heterocycles. The number of ether oxygens (including phenoxy) is 1. The average Bonchev–Trinajstić information content (AvgIpc) is 3.54. The van der Waals surface area contributed by atoms with E-state index < -0.39 is 0 Å². The van der Waals surface area contributed by atoms with Crippen molar-refractivity contribution in [3.05, 3.63) is 28.4 Å². The maximum Gasteiger partial charge on any atom is 0.271 e. The van der Waals surface area contributed by atoms with Crippen LogP contribution in [0, 0.1) is 11.8 Å². The largest absolute Gasteiger partial charge is 0.365 e. The summed E-state index contributed by atoms with van der Waals surface area (Å²) in [5, 5.41) is 2.76. The van der Waals surface area contributed by atoms with Crippen LogP contribution in [0.3, 0.4) is 0 Å². The highest BCUT2D eigenvalue weighted by molar-refractivity contribution is 5.91. The number of hydrogen-bond donors (Lipinski definition) is 2. The first kappa shape index (κ1) is 20.0. The summed E-state index contributed by atoms with van der Waals surface area (Å²) in [5.41, 5.74) is -0.212. The van der Waals surface area contributed by atoms with Crippen LogP contribution in [0.2, 0.25) is 0 Å². The number of carbonyl (C=O) groups excluding carboxylic acids is 2. The minimum absolute atomic E-state index is 0.0234. The minimum atomic E-state index is -0.378. The van der Waals surface area contributed by atoms with Crippen molar-refractivity contribution in [2.75, 3.05) is 45.9 Å². The molecule has 3 heterocycles. The number of nitrogens with one attached hydrogen (secondary N) is 2. The number of morpholine rings is 1. The molecule has 0 bridgehead atoms. The minimum Gasteiger partial charge on any atom is -0.365 e. The lowest BCUT2D eigenvalue weighted by molar-refractivity contribution is -0.149. The van der Waals surface area contributed by atoms with E-state index in [0.717, 1.165) is 44.6 Å². The van der Waals surface area contributed by atoms with Crippen LogP contribution in [0.5, 0.6) is 0 Å². The molecule has 1 atom stereocenters. The second-order valence-corrected chi connectivity index (χ2v) is 8.43. The number of aromatic nitrogens is 2.